The van der Waals surface area contributed by atoms with E-state index in [9.17, 15) is 4.39 Å². The van der Waals surface area contributed by atoms with Gasteiger partial charge in [-0.1, -0.05) is 35.8 Å². The minimum Gasteiger partial charge on any atom is -0.311 e. The lowest BCUT2D eigenvalue weighted by Gasteiger charge is -2.19. The Balaban J connectivity index is 2.29. The van der Waals surface area contributed by atoms with Gasteiger partial charge in [0.05, 0.1) is 0 Å². The number of nitrogens with zero attached hydrogens (tertiary/aromatic N) is 1. The Morgan fingerprint density at radius 3 is 2.67 bits per heavy atom. The van der Waals surface area contributed by atoms with Crippen LogP contribution in [0.2, 0.25) is 0 Å². The normalized spacial score (nSPS) is 11.2. The van der Waals surface area contributed by atoms with Crippen LogP contribution in [0.15, 0.2) is 22.7 Å². The second-order valence-electron chi connectivity index (χ2n) is 4.35. The molecule has 0 aromatic heterocycles. The summed E-state index contributed by atoms with van der Waals surface area (Å²) in [6, 6.07) is 5.19. The molecule has 0 spiro atoms. The summed E-state index contributed by atoms with van der Waals surface area (Å²) >= 11 is 3.26. The largest absolute Gasteiger partial charge is 0.311 e. The van der Waals surface area contributed by atoms with Crippen LogP contribution in [0.3, 0.4) is 0 Å². The fourth-order valence-corrected chi connectivity index (χ4v) is 2.20. The van der Waals surface area contributed by atoms with Crippen molar-refractivity contribution in [2.45, 2.75) is 26.8 Å². The van der Waals surface area contributed by atoms with Crippen LogP contribution in [0.4, 0.5) is 4.39 Å². The summed E-state index contributed by atoms with van der Waals surface area (Å²) in [6.45, 7) is 9.05. The molecule has 0 unspecified atom stereocenters. The third-order valence-electron chi connectivity index (χ3n) is 2.92. The zero-order chi connectivity index (χ0) is 13.4. The number of hydrogen-bond donors (Lipinski definition) is 1. The van der Waals surface area contributed by atoms with Crippen molar-refractivity contribution in [3.63, 3.8) is 0 Å². The molecule has 0 atom stereocenters. The van der Waals surface area contributed by atoms with E-state index >= 15 is 0 Å². The molecule has 1 N–H and O–H groups in total. The molecular formula is C14H22BrFN2. The van der Waals surface area contributed by atoms with E-state index in [1.165, 1.54) is 12.5 Å². The third-order valence-corrected chi connectivity index (χ3v) is 3.42. The number of rotatable bonds is 8. The maximum Gasteiger partial charge on any atom is 0.128 e. The Hall–Kier alpha value is -0.450. The second kappa shape index (κ2) is 8.62. The monoisotopic (exact) mass is 316 g/mol. The molecule has 0 fully saturated rings. The van der Waals surface area contributed by atoms with Crippen LogP contribution in [-0.4, -0.2) is 31.1 Å². The van der Waals surface area contributed by atoms with E-state index in [1.807, 2.05) is 12.1 Å². The first kappa shape index (κ1) is 15.6. The first-order chi connectivity index (χ1) is 8.67. The van der Waals surface area contributed by atoms with Gasteiger partial charge in [-0.25, -0.2) is 4.39 Å². The predicted octanol–water partition coefficient (Wildman–Crippen LogP) is 3.41. The zero-order valence-electron chi connectivity index (χ0n) is 11.2. The molecule has 0 bridgehead atoms. The SMILES string of the molecule is CCCN(CC)CCNCc1ccc(Br)cc1F. The van der Waals surface area contributed by atoms with Crippen LogP contribution in [0.5, 0.6) is 0 Å². The lowest BCUT2D eigenvalue weighted by molar-refractivity contribution is 0.287. The zero-order valence-corrected chi connectivity index (χ0v) is 12.8. The van der Waals surface area contributed by atoms with Gasteiger partial charge in [-0.15, -0.1) is 0 Å². The van der Waals surface area contributed by atoms with Crippen LogP contribution < -0.4 is 5.32 Å². The molecule has 0 aliphatic carbocycles. The van der Waals surface area contributed by atoms with Gasteiger partial charge < -0.3 is 10.2 Å². The minimum absolute atomic E-state index is 0.155. The number of likely N-dealkylation sites (N-methyl/N-ethyl adjacent to an activating group) is 1. The Morgan fingerprint density at radius 1 is 1.28 bits per heavy atom. The van der Waals surface area contributed by atoms with Crippen LogP contribution in [-0.2, 0) is 6.54 Å². The van der Waals surface area contributed by atoms with E-state index in [1.54, 1.807) is 0 Å². The Labute approximate surface area is 118 Å². The fraction of sp³-hybridized carbons (Fsp3) is 0.571. The van der Waals surface area contributed by atoms with Crippen molar-refractivity contribution in [1.82, 2.24) is 10.2 Å². The lowest BCUT2D eigenvalue weighted by Crippen LogP contribution is -2.32. The molecule has 0 aliphatic rings. The molecule has 0 heterocycles. The summed E-state index contributed by atoms with van der Waals surface area (Å²) in [4.78, 5) is 2.39. The Kier molecular flexibility index (Phi) is 7.47. The van der Waals surface area contributed by atoms with Crippen molar-refractivity contribution >= 4 is 15.9 Å². The van der Waals surface area contributed by atoms with E-state index in [0.717, 1.165) is 36.2 Å². The van der Waals surface area contributed by atoms with E-state index in [0.29, 0.717) is 6.54 Å². The molecule has 4 heteroatoms. The molecular weight excluding hydrogens is 295 g/mol. The van der Waals surface area contributed by atoms with Crippen molar-refractivity contribution in [2.24, 2.45) is 0 Å². The van der Waals surface area contributed by atoms with Gasteiger partial charge in [0.25, 0.3) is 0 Å². The molecule has 0 aliphatic heterocycles. The number of nitrogens with one attached hydrogen (secondary N) is 1. The minimum atomic E-state index is -0.155. The maximum atomic E-state index is 13.5. The highest BCUT2D eigenvalue weighted by molar-refractivity contribution is 9.10. The van der Waals surface area contributed by atoms with Gasteiger partial charge in [-0.3, -0.25) is 0 Å². The standard InChI is InChI=1S/C14H22BrFN2/c1-3-8-18(4-2)9-7-17-11-12-5-6-13(15)10-14(12)16/h5-6,10,17H,3-4,7-9,11H2,1-2H3. The van der Waals surface area contributed by atoms with Crippen LogP contribution in [0.25, 0.3) is 0 Å². The number of halogens is 2. The summed E-state index contributed by atoms with van der Waals surface area (Å²) < 4.78 is 14.3. The first-order valence-corrected chi connectivity index (χ1v) is 7.33. The number of benzene rings is 1. The molecule has 0 saturated heterocycles. The molecule has 102 valence electrons. The van der Waals surface area contributed by atoms with E-state index in [-0.39, 0.29) is 5.82 Å². The predicted molar refractivity (Wildman–Crippen MR) is 78.2 cm³/mol. The molecule has 2 nitrogen and oxygen atoms in total. The highest BCUT2D eigenvalue weighted by Crippen LogP contribution is 2.14. The lowest BCUT2D eigenvalue weighted by atomic mass is 10.2. The highest BCUT2D eigenvalue weighted by atomic mass is 79.9. The third kappa shape index (κ3) is 5.46. The van der Waals surface area contributed by atoms with Gasteiger partial charge in [0.2, 0.25) is 0 Å². The average Bonchev–Trinajstić information content (AvgIpc) is 2.35. The summed E-state index contributed by atoms with van der Waals surface area (Å²) in [5.41, 5.74) is 0.719. The maximum absolute atomic E-state index is 13.5. The quantitative estimate of drug-likeness (QED) is 0.739. The molecule has 1 aromatic rings. The van der Waals surface area contributed by atoms with E-state index in [2.05, 4.69) is 40.0 Å². The molecule has 1 rings (SSSR count). The van der Waals surface area contributed by atoms with E-state index in [4.69, 9.17) is 0 Å². The topological polar surface area (TPSA) is 15.3 Å². The number of hydrogen-bond acceptors (Lipinski definition) is 2. The van der Waals surface area contributed by atoms with Gasteiger partial charge >= 0.3 is 0 Å². The van der Waals surface area contributed by atoms with Crippen molar-refractivity contribution in [1.29, 1.82) is 0 Å². The summed E-state index contributed by atoms with van der Waals surface area (Å²) in [5, 5.41) is 3.29. The summed E-state index contributed by atoms with van der Waals surface area (Å²) in [7, 11) is 0. The fourth-order valence-electron chi connectivity index (χ4n) is 1.87. The van der Waals surface area contributed by atoms with Crippen LogP contribution >= 0.6 is 15.9 Å². The summed E-state index contributed by atoms with van der Waals surface area (Å²) in [5.74, 6) is -0.155. The average molecular weight is 317 g/mol. The van der Waals surface area contributed by atoms with Gasteiger partial charge in [0, 0.05) is 29.7 Å². The van der Waals surface area contributed by atoms with Crippen molar-refractivity contribution < 1.29 is 4.39 Å². The smallest absolute Gasteiger partial charge is 0.128 e. The van der Waals surface area contributed by atoms with Gasteiger partial charge in [-0.05, 0) is 31.6 Å². The van der Waals surface area contributed by atoms with Gasteiger partial charge in [0.15, 0.2) is 0 Å². The second-order valence-corrected chi connectivity index (χ2v) is 5.26. The molecule has 18 heavy (non-hydrogen) atoms. The van der Waals surface area contributed by atoms with Gasteiger partial charge in [-0.2, -0.15) is 0 Å². The van der Waals surface area contributed by atoms with Crippen molar-refractivity contribution in [3.05, 3.63) is 34.1 Å². The van der Waals surface area contributed by atoms with Crippen LogP contribution in [0, 0.1) is 5.82 Å². The molecule has 0 radical (unpaired) electrons. The molecule has 1 aromatic carbocycles. The Bertz CT molecular complexity index is 358. The van der Waals surface area contributed by atoms with Crippen molar-refractivity contribution in [2.75, 3.05) is 26.2 Å². The molecule has 0 amide bonds. The first-order valence-electron chi connectivity index (χ1n) is 6.54. The highest BCUT2D eigenvalue weighted by Gasteiger charge is 2.03. The van der Waals surface area contributed by atoms with Crippen molar-refractivity contribution in [3.8, 4) is 0 Å². The van der Waals surface area contributed by atoms with Crippen LogP contribution in [0.1, 0.15) is 25.8 Å². The summed E-state index contributed by atoms with van der Waals surface area (Å²) in [6.07, 6.45) is 1.18. The van der Waals surface area contributed by atoms with Gasteiger partial charge in [0.1, 0.15) is 5.82 Å². The Morgan fingerprint density at radius 2 is 2.06 bits per heavy atom. The van der Waals surface area contributed by atoms with E-state index < -0.39 is 0 Å². The molecule has 0 saturated carbocycles.